The van der Waals surface area contributed by atoms with E-state index in [-0.39, 0.29) is 28.3 Å². The molecule has 0 aromatic carbocycles. The van der Waals surface area contributed by atoms with Gasteiger partial charge in [-0.1, -0.05) is 37.0 Å². The largest absolute Gasteiger partial charge is 0.452 e. The monoisotopic (exact) mass is 344 g/mol. The molecule has 7 heteroatoms. The van der Waals surface area contributed by atoms with Crippen LogP contribution in [0.1, 0.15) is 30.6 Å². The summed E-state index contributed by atoms with van der Waals surface area (Å²) < 4.78 is 5.04. The SMILES string of the molecule is C[C@@H]1C[C@@H](C)CN(C(=O)COC(=O)c2cnc(Cl)c(Cl)c2)C1. The first-order valence-electron chi connectivity index (χ1n) is 7.12. The minimum absolute atomic E-state index is 0.116. The summed E-state index contributed by atoms with van der Waals surface area (Å²) in [5.41, 5.74) is 0.169. The highest BCUT2D eigenvalue weighted by molar-refractivity contribution is 6.41. The minimum atomic E-state index is -0.641. The van der Waals surface area contributed by atoms with Crippen LogP contribution in [0.15, 0.2) is 12.3 Å². The summed E-state index contributed by atoms with van der Waals surface area (Å²) >= 11 is 11.5. The number of carbonyl (C=O) groups excluding carboxylic acids is 2. The predicted octanol–water partition coefficient (Wildman–Crippen LogP) is 3.05. The number of aromatic nitrogens is 1. The standard InChI is InChI=1S/C15H18Cl2N2O3/c1-9-3-10(2)7-19(6-9)13(20)8-22-15(21)11-4-12(16)14(17)18-5-11/h4-5,9-10H,3,6-8H2,1-2H3/t9-,10-/m1/s1. The molecule has 5 nitrogen and oxygen atoms in total. The molecule has 1 saturated heterocycles. The summed E-state index contributed by atoms with van der Waals surface area (Å²) in [6, 6.07) is 1.37. The highest BCUT2D eigenvalue weighted by Gasteiger charge is 2.26. The van der Waals surface area contributed by atoms with E-state index < -0.39 is 5.97 Å². The second-order valence-corrected chi connectivity index (χ2v) is 6.58. The maximum absolute atomic E-state index is 12.1. The number of halogens is 2. The molecule has 0 radical (unpaired) electrons. The molecule has 1 fully saturated rings. The number of piperidine rings is 1. The Hall–Kier alpha value is -1.33. The number of ether oxygens (including phenoxy) is 1. The predicted molar refractivity (Wildman–Crippen MR) is 84.1 cm³/mol. The first kappa shape index (κ1) is 17.0. The number of hydrogen-bond donors (Lipinski definition) is 0. The molecular weight excluding hydrogens is 327 g/mol. The fraction of sp³-hybridized carbons (Fsp3) is 0.533. The van der Waals surface area contributed by atoms with E-state index in [1.54, 1.807) is 4.90 Å². The first-order chi connectivity index (χ1) is 10.4. The first-order valence-corrected chi connectivity index (χ1v) is 7.88. The van der Waals surface area contributed by atoms with Crippen molar-refractivity contribution in [2.75, 3.05) is 19.7 Å². The number of rotatable bonds is 3. The zero-order valence-electron chi connectivity index (χ0n) is 12.5. The van der Waals surface area contributed by atoms with Gasteiger partial charge in [0.1, 0.15) is 5.15 Å². The Bertz CT molecular complexity index is 570. The van der Waals surface area contributed by atoms with Crippen LogP contribution >= 0.6 is 23.2 Å². The molecular formula is C15H18Cl2N2O3. The van der Waals surface area contributed by atoms with Crippen LogP contribution in [0, 0.1) is 11.8 Å². The van der Waals surface area contributed by atoms with Gasteiger partial charge in [-0.2, -0.15) is 0 Å². The van der Waals surface area contributed by atoms with Crippen molar-refractivity contribution in [3.8, 4) is 0 Å². The smallest absolute Gasteiger partial charge is 0.340 e. The van der Waals surface area contributed by atoms with Crippen LogP contribution in [0.5, 0.6) is 0 Å². The van der Waals surface area contributed by atoms with Crippen molar-refractivity contribution >= 4 is 35.1 Å². The third-order valence-corrected chi connectivity index (χ3v) is 4.27. The van der Waals surface area contributed by atoms with Gasteiger partial charge in [0.2, 0.25) is 0 Å². The van der Waals surface area contributed by atoms with Crippen LogP contribution in [0.25, 0.3) is 0 Å². The lowest BCUT2D eigenvalue weighted by Crippen LogP contribution is -2.44. The molecule has 22 heavy (non-hydrogen) atoms. The third-order valence-electron chi connectivity index (χ3n) is 3.58. The molecule has 0 aliphatic carbocycles. The summed E-state index contributed by atoms with van der Waals surface area (Å²) in [4.78, 5) is 29.5. The molecule has 1 aromatic rings. The van der Waals surface area contributed by atoms with Crippen LogP contribution in [-0.2, 0) is 9.53 Å². The quantitative estimate of drug-likeness (QED) is 0.624. The fourth-order valence-electron chi connectivity index (χ4n) is 2.70. The summed E-state index contributed by atoms with van der Waals surface area (Å²) in [6.07, 6.45) is 2.38. The molecule has 2 atom stereocenters. The van der Waals surface area contributed by atoms with Crippen molar-refractivity contribution in [3.05, 3.63) is 28.0 Å². The molecule has 0 N–H and O–H groups in total. The van der Waals surface area contributed by atoms with E-state index >= 15 is 0 Å². The van der Waals surface area contributed by atoms with Gasteiger partial charge in [0.05, 0.1) is 10.6 Å². The van der Waals surface area contributed by atoms with Crippen molar-refractivity contribution < 1.29 is 14.3 Å². The van der Waals surface area contributed by atoms with E-state index in [2.05, 4.69) is 18.8 Å². The molecule has 1 aromatic heterocycles. The van der Waals surface area contributed by atoms with Gasteiger partial charge in [0.25, 0.3) is 5.91 Å². The minimum Gasteiger partial charge on any atom is -0.452 e. The Morgan fingerprint density at radius 2 is 1.95 bits per heavy atom. The van der Waals surface area contributed by atoms with E-state index in [4.69, 9.17) is 27.9 Å². The summed E-state index contributed by atoms with van der Waals surface area (Å²) in [5, 5.41) is 0.284. The van der Waals surface area contributed by atoms with E-state index in [0.717, 1.165) is 6.42 Å². The second-order valence-electron chi connectivity index (χ2n) is 5.82. The molecule has 1 amide bonds. The molecule has 0 unspecified atom stereocenters. The Kier molecular flexibility index (Phi) is 5.64. The molecule has 0 saturated carbocycles. The molecule has 1 aliphatic heterocycles. The maximum atomic E-state index is 12.1. The van der Waals surface area contributed by atoms with Crippen molar-refractivity contribution in [2.45, 2.75) is 20.3 Å². The Morgan fingerprint density at radius 3 is 2.55 bits per heavy atom. The highest BCUT2D eigenvalue weighted by atomic mass is 35.5. The molecule has 0 spiro atoms. The highest BCUT2D eigenvalue weighted by Crippen LogP contribution is 2.22. The van der Waals surface area contributed by atoms with Crippen molar-refractivity contribution in [1.29, 1.82) is 0 Å². The Labute approximate surface area is 139 Å². The van der Waals surface area contributed by atoms with Crippen molar-refractivity contribution in [1.82, 2.24) is 9.88 Å². The molecule has 120 valence electrons. The molecule has 0 bridgehead atoms. The zero-order chi connectivity index (χ0) is 16.3. The van der Waals surface area contributed by atoms with Gasteiger partial charge in [0, 0.05) is 19.3 Å². The molecule has 1 aliphatic rings. The van der Waals surface area contributed by atoms with Crippen LogP contribution in [-0.4, -0.2) is 41.5 Å². The van der Waals surface area contributed by atoms with Crippen molar-refractivity contribution in [2.24, 2.45) is 11.8 Å². The van der Waals surface area contributed by atoms with E-state index in [0.29, 0.717) is 24.9 Å². The van der Waals surface area contributed by atoms with Gasteiger partial charge in [-0.15, -0.1) is 0 Å². The molecule has 2 heterocycles. The number of nitrogens with zero attached hydrogens (tertiary/aromatic N) is 2. The topological polar surface area (TPSA) is 59.5 Å². The average molecular weight is 345 g/mol. The Balaban J connectivity index is 1.90. The van der Waals surface area contributed by atoms with E-state index in [1.165, 1.54) is 12.3 Å². The summed E-state index contributed by atoms with van der Waals surface area (Å²) in [7, 11) is 0. The van der Waals surface area contributed by atoms with Gasteiger partial charge in [-0.3, -0.25) is 4.79 Å². The van der Waals surface area contributed by atoms with Gasteiger partial charge in [0.15, 0.2) is 6.61 Å². The molecule has 2 rings (SSSR count). The van der Waals surface area contributed by atoms with Gasteiger partial charge < -0.3 is 9.64 Å². The number of likely N-dealkylation sites (tertiary alicyclic amines) is 1. The van der Waals surface area contributed by atoms with E-state index in [9.17, 15) is 9.59 Å². The summed E-state index contributed by atoms with van der Waals surface area (Å²) in [5.74, 6) is 0.0997. The van der Waals surface area contributed by atoms with Crippen LogP contribution in [0.4, 0.5) is 0 Å². The average Bonchev–Trinajstić information content (AvgIpc) is 2.46. The van der Waals surface area contributed by atoms with Crippen LogP contribution < -0.4 is 0 Å². The zero-order valence-corrected chi connectivity index (χ0v) is 14.0. The van der Waals surface area contributed by atoms with Gasteiger partial charge >= 0.3 is 5.97 Å². The number of carbonyl (C=O) groups is 2. The number of amides is 1. The lowest BCUT2D eigenvalue weighted by atomic mass is 9.92. The van der Waals surface area contributed by atoms with Crippen LogP contribution in [0.2, 0.25) is 10.2 Å². The van der Waals surface area contributed by atoms with Crippen molar-refractivity contribution in [3.63, 3.8) is 0 Å². The number of esters is 1. The van der Waals surface area contributed by atoms with E-state index in [1.807, 2.05) is 0 Å². The van der Waals surface area contributed by atoms with Gasteiger partial charge in [-0.25, -0.2) is 9.78 Å². The Morgan fingerprint density at radius 1 is 1.32 bits per heavy atom. The second kappa shape index (κ2) is 7.29. The maximum Gasteiger partial charge on any atom is 0.340 e. The number of hydrogen-bond acceptors (Lipinski definition) is 4. The lowest BCUT2D eigenvalue weighted by molar-refractivity contribution is -0.137. The number of pyridine rings is 1. The normalized spacial score (nSPS) is 21.5. The lowest BCUT2D eigenvalue weighted by Gasteiger charge is -2.34. The third kappa shape index (κ3) is 4.34. The fourth-order valence-corrected chi connectivity index (χ4v) is 2.97. The van der Waals surface area contributed by atoms with Gasteiger partial charge in [-0.05, 0) is 24.3 Å². The summed E-state index contributed by atoms with van der Waals surface area (Å²) in [6.45, 7) is 5.36. The van der Waals surface area contributed by atoms with Crippen LogP contribution in [0.3, 0.4) is 0 Å².